The molecular formula is C28H26ClN3O. The Morgan fingerprint density at radius 3 is 2.30 bits per heavy atom. The highest BCUT2D eigenvalue weighted by molar-refractivity contribution is 6.35. The lowest BCUT2D eigenvalue weighted by Crippen LogP contribution is -2.20. The predicted molar refractivity (Wildman–Crippen MR) is 137 cm³/mol. The summed E-state index contributed by atoms with van der Waals surface area (Å²) in [6.45, 7) is 8.41. The van der Waals surface area contributed by atoms with Gasteiger partial charge in [0.15, 0.2) is 0 Å². The number of para-hydroxylation sites is 1. The summed E-state index contributed by atoms with van der Waals surface area (Å²) < 4.78 is 0. The van der Waals surface area contributed by atoms with Crippen LogP contribution in [0.5, 0.6) is 0 Å². The zero-order valence-electron chi connectivity index (χ0n) is 19.2. The van der Waals surface area contributed by atoms with Crippen LogP contribution in [0.15, 0.2) is 84.0 Å². The average Bonchev–Trinajstić information content (AvgIpc) is 2.82. The summed E-state index contributed by atoms with van der Waals surface area (Å²) >= 11 is 6.42. The maximum absolute atomic E-state index is 13.2. The first-order valence-corrected chi connectivity index (χ1v) is 11.2. The molecule has 0 saturated carbocycles. The van der Waals surface area contributed by atoms with Crippen LogP contribution < -0.4 is 5.43 Å². The molecule has 0 atom stereocenters. The minimum absolute atomic E-state index is 0.0813. The lowest BCUT2D eigenvalue weighted by molar-refractivity contribution is 0.0956. The van der Waals surface area contributed by atoms with E-state index >= 15 is 0 Å². The minimum Gasteiger partial charge on any atom is -0.267 e. The lowest BCUT2D eigenvalue weighted by Gasteiger charge is -2.19. The van der Waals surface area contributed by atoms with Gasteiger partial charge in [0.05, 0.1) is 27.5 Å². The molecule has 1 heterocycles. The average molecular weight is 456 g/mol. The van der Waals surface area contributed by atoms with Crippen molar-refractivity contribution >= 4 is 34.1 Å². The Balaban J connectivity index is 1.67. The SMILES string of the molecule is C/C(=N/NC(=O)c1cc(-c2ccccc2)nc2c(Cl)cccc12)c1ccc(C(C)(C)C)cc1. The molecule has 1 amide bonds. The van der Waals surface area contributed by atoms with Gasteiger partial charge < -0.3 is 0 Å². The molecule has 0 aliphatic heterocycles. The monoisotopic (exact) mass is 455 g/mol. The van der Waals surface area contributed by atoms with Crippen LogP contribution in [0.25, 0.3) is 22.2 Å². The fraction of sp³-hybridized carbons (Fsp3) is 0.179. The van der Waals surface area contributed by atoms with Crippen LogP contribution in [0, 0.1) is 0 Å². The van der Waals surface area contributed by atoms with Gasteiger partial charge in [-0.15, -0.1) is 0 Å². The third-order valence-corrected chi connectivity index (χ3v) is 5.90. The summed E-state index contributed by atoms with van der Waals surface area (Å²) in [7, 11) is 0. The van der Waals surface area contributed by atoms with Crippen LogP contribution in [0.1, 0.15) is 49.2 Å². The topological polar surface area (TPSA) is 54.4 Å². The minimum atomic E-state index is -0.312. The van der Waals surface area contributed by atoms with Gasteiger partial charge in [-0.3, -0.25) is 4.79 Å². The van der Waals surface area contributed by atoms with Crippen LogP contribution in [-0.4, -0.2) is 16.6 Å². The van der Waals surface area contributed by atoms with Crippen molar-refractivity contribution in [3.05, 3.63) is 101 Å². The number of carbonyl (C=O) groups excluding carboxylic acids is 1. The van der Waals surface area contributed by atoms with E-state index in [-0.39, 0.29) is 11.3 Å². The normalized spacial score (nSPS) is 12.1. The van der Waals surface area contributed by atoms with Crippen molar-refractivity contribution in [2.45, 2.75) is 33.1 Å². The van der Waals surface area contributed by atoms with Crippen molar-refractivity contribution in [1.29, 1.82) is 0 Å². The number of carbonyl (C=O) groups is 1. The van der Waals surface area contributed by atoms with Gasteiger partial charge in [-0.25, -0.2) is 10.4 Å². The molecule has 166 valence electrons. The lowest BCUT2D eigenvalue weighted by atomic mass is 9.86. The Morgan fingerprint density at radius 2 is 1.64 bits per heavy atom. The Hall–Kier alpha value is -3.50. The summed E-state index contributed by atoms with van der Waals surface area (Å²) in [5.74, 6) is -0.312. The van der Waals surface area contributed by atoms with Gasteiger partial charge in [0.25, 0.3) is 5.91 Å². The number of nitrogens with one attached hydrogen (secondary N) is 1. The van der Waals surface area contributed by atoms with E-state index in [1.807, 2.05) is 61.5 Å². The van der Waals surface area contributed by atoms with Crippen molar-refractivity contribution in [2.24, 2.45) is 5.10 Å². The molecule has 0 saturated heterocycles. The van der Waals surface area contributed by atoms with Crippen LogP contribution in [0.4, 0.5) is 0 Å². The summed E-state index contributed by atoms with van der Waals surface area (Å²) in [5.41, 5.74) is 8.37. The molecule has 0 bridgehead atoms. The van der Waals surface area contributed by atoms with E-state index in [2.05, 4.69) is 43.4 Å². The molecule has 0 spiro atoms. The van der Waals surface area contributed by atoms with Gasteiger partial charge in [0.1, 0.15) is 0 Å². The summed E-state index contributed by atoms with van der Waals surface area (Å²) in [6, 6.07) is 25.2. The zero-order valence-corrected chi connectivity index (χ0v) is 19.9. The van der Waals surface area contributed by atoms with Gasteiger partial charge >= 0.3 is 0 Å². The molecule has 5 heteroatoms. The van der Waals surface area contributed by atoms with E-state index in [9.17, 15) is 4.79 Å². The van der Waals surface area contributed by atoms with E-state index in [1.54, 1.807) is 12.1 Å². The number of benzene rings is 3. The highest BCUT2D eigenvalue weighted by Crippen LogP contribution is 2.29. The second-order valence-electron chi connectivity index (χ2n) is 9.02. The van der Waals surface area contributed by atoms with Crippen molar-refractivity contribution in [2.75, 3.05) is 0 Å². The largest absolute Gasteiger partial charge is 0.272 e. The number of aromatic nitrogens is 1. The van der Waals surface area contributed by atoms with Gasteiger partial charge in [-0.2, -0.15) is 5.10 Å². The first kappa shape index (κ1) is 22.7. The molecule has 0 unspecified atom stereocenters. The Bertz CT molecular complexity index is 1340. The van der Waals surface area contributed by atoms with Crippen molar-refractivity contribution in [1.82, 2.24) is 10.4 Å². The van der Waals surface area contributed by atoms with E-state index in [0.717, 1.165) is 16.8 Å². The fourth-order valence-electron chi connectivity index (χ4n) is 3.63. The van der Waals surface area contributed by atoms with E-state index in [1.165, 1.54) is 5.56 Å². The third kappa shape index (κ3) is 4.96. The van der Waals surface area contributed by atoms with Crippen molar-refractivity contribution in [3.8, 4) is 11.3 Å². The van der Waals surface area contributed by atoms with E-state index in [4.69, 9.17) is 16.6 Å². The second kappa shape index (κ2) is 9.16. The first-order valence-electron chi connectivity index (χ1n) is 10.8. The molecule has 3 aromatic carbocycles. The number of nitrogens with zero attached hydrogens (tertiary/aromatic N) is 2. The number of amides is 1. The number of rotatable bonds is 4. The molecule has 4 aromatic rings. The number of pyridine rings is 1. The number of hydrazone groups is 1. The van der Waals surface area contributed by atoms with Gasteiger partial charge in [-0.05, 0) is 35.6 Å². The molecule has 1 aromatic heterocycles. The quantitative estimate of drug-likeness (QED) is 0.266. The third-order valence-electron chi connectivity index (χ3n) is 5.60. The number of hydrogen-bond acceptors (Lipinski definition) is 3. The first-order chi connectivity index (χ1) is 15.7. The number of hydrogen-bond donors (Lipinski definition) is 1. The van der Waals surface area contributed by atoms with Crippen molar-refractivity contribution < 1.29 is 4.79 Å². The van der Waals surface area contributed by atoms with Crippen LogP contribution in [0.2, 0.25) is 5.02 Å². The molecule has 1 N–H and O–H groups in total. The fourth-order valence-corrected chi connectivity index (χ4v) is 3.85. The summed E-state index contributed by atoms with van der Waals surface area (Å²) in [4.78, 5) is 17.9. The highest BCUT2D eigenvalue weighted by Gasteiger charge is 2.16. The number of fused-ring (bicyclic) bond motifs is 1. The second-order valence-corrected chi connectivity index (χ2v) is 9.43. The standard InChI is InChI=1S/C28H26ClN3O/c1-18(19-13-15-21(16-14-19)28(2,3)4)31-32-27(33)23-17-25(20-9-6-5-7-10-20)30-26-22(23)11-8-12-24(26)29/h5-17H,1-4H3,(H,32,33)/b31-18-. The molecule has 0 aliphatic carbocycles. The maximum Gasteiger partial charge on any atom is 0.272 e. The van der Waals surface area contributed by atoms with E-state index in [0.29, 0.717) is 27.2 Å². The Labute approximate surface area is 199 Å². The van der Waals surface area contributed by atoms with Gasteiger partial charge in [0, 0.05) is 10.9 Å². The number of halogens is 1. The molecule has 33 heavy (non-hydrogen) atoms. The smallest absolute Gasteiger partial charge is 0.267 e. The van der Waals surface area contributed by atoms with Crippen LogP contribution >= 0.6 is 11.6 Å². The summed E-state index contributed by atoms with van der Waals surface area (Å²) in [6.07, 6.45) is 0. The van der Waals surface area contributed by atoms with E-state index < -0.39 is 0 Å². The molecule has 0 fully saturated rings. The van der Waals surface area contributed by atoms with Crippen LogP contribution in [-0.2, 0) is 5.41 Å². The molecule has 4 nitrogen and oxygen atoms in total. The highest BCUT2D eigenvalue weighted by atomic mass is 35.5. The molecule has 0 aliphatic rings. The maximum atomic E-state index is 13.2. The molecule has 4 rings (SSSR count). The van der Waals surface area contributed by atoms with Gasteiger partial charge in [-0.1, -0.05) is 99.1 Å². The zero-order chi connectivity index (χ0) is 23.6. The van der Waals surface area contributed by atoms with Crippen molar-refractivity contribution in [3.63, 3.8) is 0 Å². The Morgan fingerprint density at radius 1 is 0.939 bits per heavy atom. The summed E-state index contributed by atoms with van der Waals surface area (Å²) in [5, 5.41) is 5.54. The van der Waals surface area contributed by atoms with Gasteiger partial charge in [0.2, 0.25) is 0 Å². The predicted octanol–water partition coefficient (Wildman–Crippen LogP) is 7.01. The van der Waals surface area contributed by atoms with Crippen LogP contribution in [0.3, 0.4) is 0 Å². The molecular weight excluding hydrogens is 430 g/mol. The molecule has 0 radical (unpaired) electrons. The Kier molecular flexibility index (Phi) is 6.30.